The highest BCUT2D eigenvalue weighted by Crippen LogP contribution is 2.29. The van der Waals surface area contributed by atoms with Gasteiger partial charge in [0.05, 0.1) is 0 Å². The highest BCUT2D eigenvalue weighted by molar-refractivity contribution is 7.17. The quantitative estimate of drug-likeness (QED) is 0.836. The number of hydrogen-bond acceptors (Lipinski definition) is 3. The highest BCUT2D eigenvalue weighted by Gasteiger charge is 2.22. The van der Waals surface area contributed by atoms with Crippen molar-refractivity contribution >= 4 is 27.1 Å². The summed E-state index contributed by atoms with van der Waals surface area (Å²) in [5, 5.41) is 7.11. The Hall–Kier alpha value is -1.06. The summed E-state index contributed by atoms with van der Waals surface area (Å²) in [6.45, 7) is 6.95. The van der Waals surface area contributed by atoms with Crippen molar-refractivity contribution < 1.29 is 0 Å². The molecule has 102 valence electrons. The molecule has 0 radical (unpaired) electrons. The van der Waals surface area contributed by atoms with Crippen LogP contribution in [0.2, 0.25) is 0 Å². The number of thiophene rings is 1. The Morgan fingerprint density at radius 1 is 1.37 bits per heavy atom. The first-order valence-corrected chi connectivity index (χ1v) is 8.17. The molecule has 1 aromatic heterocycles. The van der Waals surface area contributed by atoms with E-state index in [0.717, 1.165) is 12.5 Å². The number of nitrogens with one attached hydrogen (secondary N) is 1. The third kappa shape index (κ3) is 2.93. The van der Waals surface area contributed by atoms with Crippen LogP contribution >= 0.6 is 11.3 Å². The Bertz CT molecular complexity index is 534. The van der Waals surface area contributed by atoms with Gasteiger partial charge in [-0.1, -0.05) is 6.92 Å². The van der Waals surface area contributed by atoms with Crippen LogP contribution in [-0.4, -0.2) is 26.2 Å². The van der Waals surface area contributed by atoms with E-state index < -0.39 is 0 Å². The molecule has 0 spiro atoms. The lowest BCUT2D eigenvalue weighted by Gasteiger charge is -2.19. The van der Waals surface area contributed by atoms with Gasteiger partial charge in [0.15, 0.2) is 0 Å². The molecule has 2 heterocycles. The molecule has 0 bridgehead atoms. The van der Waals surface area contributed by atoms with Crippen molar-refractivity contribution in [3.63, 3.8) is 0 Å². The first kappa shape index (κ1) is 12.9. The van der Waals surface area contributed by atoms with Crippen LogP contribution in [0.4, 0.5) is 5.69 Å². The lowest BCUT2D eigenvalue weighted by molar-refractivity contribution is 0.516. The van der Waals surface area contributed by atoms with E-state index in [1.54, 1.807) is 0 Å². The molecule has 2 aromatic rings. The van der Waals surface area contributed by atoms with E-state index in [-0.39, 0.29) is 0 Å². The summed E-state index contributed by atoms with van der Waals surface area (Å²) < 4.78 is 1.39. The van der Waals surface area contributed by atoms with Crippen molar-refractivity contribution in [2.24, 2.45) is 5.92 Å². The van der Waals surface area contributed by atoms with Crippen molar-refractivity contribution in [2.45, 2.75) is 19.8 Å². The van der Waals surface area contributed by atoms with E-state index in [0.29, 0.717) is 0 Å². The minimum Gasteiger partial charge on any atom is -0.371 e. The van der Waals surface area contributed by atoms with E-state index in [2.05, 4.69) is 46.8 Å². The van der Waals surface area contributed by atoms with E-state index >= 15 is 0 Å². The number of benzene rings is 1. The summed E-state index contributed by atoms with van der Waals surface area (Å²) in [5.74, 6) is 0.810. The lowest BCUT2D eigenvalue weighted by Crippen LogP contribution is -2.26. The second kappa shape index (κ2) is 5.93. The van der Waals surface area contributed by atoms with E-state index in [1.807, 2.05) is 11.3 Å². The fraction of sp³-hybridized carbons (Fsp3) is 0.500. The van der Waals surface area contributed by atoms with Gasteiger partial charge in [-0.05, 0) is 66.9 Å². The lowest BCUT2D eigenvalue weighted by atomic mass is 10.1. The molecule has 0 saturated carbocycles. The molecule has 1 atom stereocenters. The van der Waals surface area contributed by atoms with Crippen molar-refractivity contribution in [3.8, 4) is 0 Å². The Labute approximate surface area is 119 Å². The fourth-order valence-electron chi connectivity index (χ4n) is 2.87. The molecule has 1 saturated heterocycles. The summed E-state index contributed by atoms with van der Waals surface area (Å²) >= 11 is 1.82. The van der Waals surface area contributed by atoms with Gasteiger partial charge in [0.2, 0.25) is 0 Å². The van der Waals surface area contributed by atoms with Crippen LogP contribution in [0.1, 0.15) is 19.8 Å². The molecule has 1 aromatic carbocycles. The Morgan fingerprint density at radius 3 is 3.21 bits per heavy atom. The van der Waals surface area contributed by atoms with Crippen molar-refractivity contribution in [1.82, 2.24) is 5.32 Å². The second-order valence-corrected chi connectivity index (χ2v) is 6.40. The average molecular weight is 274 g/mol. The normalized spacial score (nSPS) is 19.4. The largest absolute Gasteiger partial charge is 0.371 e. The van der Waals surface area contributed by atoms with Crippen LogP contribution in [0, 0.1) is 5.92 Å². The molecular weight excluding hydrogens is 252 g/mol. The summed E-state index contributed by atoms with van der Waals surface area (Å²) in [4.78, 5) is 2.54. The number of hydrogen-bond donors (Lipinski definition) is 1. The number of fused-ring (bicyclic) bond motifs is 1. The van der Waals surface area contributed by atoms with E-state index in [1.165, 1.54) is 48.2 Å². The first-order chi connectivity index (χ1) is 9.36. The molecule has 1 unspecified atom stereocenters. The number of anilines is 1. The van der Waals surface area contributed by atoms with Crippen molar-refractivity contribution in [2.75, 3.05) is 31.1 Å². The summed E-state index contributed by atoms with van der Waals surface area (Å²) in [6.07, 6.45) is 2.55. The van der Waals surface area contributed by atoms with Crippen LogP contribution < -0.4 is 10.2 Å². The third-order valence-electron chi connectivity index (χ3n) is 3.95. The molecular formula is C16H22N2S. The number of nitrogens with zero attached hydrogens (tertiary/aromatic N) is 1. The zero-order valence-electron chi connectivity index (χ0n) is 11.6. The maximum absolute atomic E-state index is 3.55. The molecule has 3 heteroatoms. The van der Waals surface area contributed by atoms with Gasteiger partial charge < -0.3 is 10.2 Å². The standard InChI is InChI=1S/C16H22N2S/c1-2-7-17-11-13-5-8-18(12-13)15-3-4-16-14(10-15)6-9-19-16/h3-4,6,9-10,13,17H,2,5,7-8,11-12H2,1H3. The number of rotatable bonds is 5. The molecule has 1 aliphatic rings. The Balaban J connectivity index is 1.63. The van der Waals surface area contributed by atoms with Gasteiger partial charge in [-0.2, -0.15) is 0 Å². The molecule has 0 aliphatic carbocycles. The van der Waals surface area contributed by atoms with Crippen LogP contribution in [0.15, 0.2) is 29.6 Å². The van der Waals surface area contributed by atoms with Crippen LogP contribution in [0.5, 0.6) is 0 Å². The maximum atomic E-state index is 3.55. The summed E-state index contributed by atoms with van der Waals surface area (Å²) in [5.41, 5.74) is 1.39. The average Bonchev–Trinajstić information content (AvgIpc) is 3.06. The van der Waals surface area contributed by atoms with Crippen LogP contribution in [0.25, 0.3) is 10.1 Å². The Kier molecular flexibility index (Phi) is 4.04. The highest BCUT2D eigenvalue weighted by atomic mass is 32.1. The van der Waals surface area contributed by atoms with Crippen molar-refractivity contribution in [1.29, 1.82) is 0 Å². The zero-order valence-corrected chi connectivity index (χ0v) is 12.4. The topological polar surface area (TPSA) is 15.3 Å². The predicted octanol–water partition coefficient (Wildman–Crippen LogP) is 3.73. The Morgan fingerprint density at radius 2 is 2.32 bits per heavy atom. The summed E-state index contributed by atoms with van der Waals surface area (Å²) in [6, 6.07) is 9.10. The summed E-state index contributed by atoms with van der Waals surface area (Å²) in [7, 11) is 0. The van der Waals surface area contributed by atoms with Gasteiger partial charge in [-0.15, -0.1) is 11.3 Å². The smallest absolute Gasteiger partial charge is 0.0373 e. The van der Waals surface area contributed by atoms with Gasteiger partial charge >= 0.3 is 0 Å². The van der Waals surface area contributed by atoms with Crippen LogP contribution in [-0.2, 0) is 0 Å². The minimum atomic E-state index is 0.810. The molecule has 2 nitrogen and oxygen atoms in total. The maximum Gasteiger partial charge on any atom is 0.0373 e. The van der Waals surface area contributed by atoms with Gasteiger partial charge in [0.25, 0.3) is 0 Å². The zero-order chi connectivity index (χ0) is 13.1. The molecule has 19 heavy (non-hydrogen) atoms. The van der Waals surface area contributed by atoms with Crippen molar-refractivity contribution in [3.05, 3.63) is 29.6 Å². The van der Waals surface area contributed by atoms with E-state index in [9.17, 15) is 0 Å². The molecule has 0 amide bonds. The van der Waals surface area contributed by atoms with Gasteiger partial charge in [0.1, 0.15) is 0 Å². The molecule has 1 fully saturated rings. The monoisotopic (exact) mass is 274 g/mol. The predicted molar refractivity (Wildman–Crippen MR) is 85.3 cm³/mol. The van der Waals surface area contributed by atoms with Crippen LogP contribution in [0.3, 0.4) is 0 Å². The fourth-order valence-corrected chi connectivity index (χ4v) is 3.64. The van der Waals surface area contributed by atoms with Gasteiger partial charge in [-0.3, -0.25) is 0 Å². The third-order valence-corrected chi connectivity index (χ3v) is 4.84. The van der Waals surface area contributed by atoms with Gasteiger partial charge in [0, 0.05) is 23.5 Å². The molecule has 1 N–H and O–H groups in total. The first-order valence-electron chi connectivity index (χ1n) is 7.29. The minimum absolute atomic E-state index is 0.810. The van der Waals surface area contributed by atoms with E-state index in [4.69, 9.17) is 0 Å². The molecule has 1 aliphatic heterocycles. The SMILES string of the molecule is CCCNCC1CCN(c2ccc3sccc3c2)C1. The van der Waals surface area contributed by atoms with Gasteiger partial charge in [-0.25, -0.2) is 0 Å². The second-order valence-electron chi connectivity index (χ2n) is 5.45. The molecule has 3 rings (SSSR count).